The van der Waals surface area contributed by atoms with E-state index >= 15 is 0 Å². The summed E-state index contributed by atoms with van der Waals surface area (Å²) in [4.78, 5) is 1.07. The number of rotatable bonds is 9. The van der Waals surface area contributed by atoms with Gasteiger partial charge >= 0.3 is 0 Å². The lowest BCUT2D eigenvalue weighted by Crippen LogP contribution is -2.74. The molecular formula is C15H31NO6. The molecule has 1 saturated heterocycles. The molecule has 1 rings (SSSR count). The Bertz CT molecular complexity index is 318. The first-order valence-electron chi connectivity index (χ1n) is 8.22. The molecule has 6 N–H and O–H groups in total. The predicted octanol–water partition coefficient (Wildman–Crippen LogP) is -0.865. The standard InChI is InChI=1S/C15H31NO6/c1-2-3-4-5-6-7-8-9-16-14(21)12(19)11(18)13(20)15(16,22)10-17/h11-14,17-22H,2-10H2,1H3/t11-,12-,13+,14?,15-/m1/s1. The molecule has 22 heavy (non-hydrogen) atoms. The lowest BCUT2D eigenvalue weighted by Gasteiger charge is -2.51. The maximum absolute atomic E-state index is 10.3. The number of unbranched alkanes of at least 4 members (excludes halogenated alkanes) is 6. The maximum Gasteiger partial charge on any atom is 0.172 e. The molecule has 0 bridgehead atoms. The van der Waals surface area contributed by atoms with Gasteiger partial charge in [-0.2, -0.15) is 0 Å². The summed E-state index contributed by atoms with van der Waals surface area (Å²) in [6, 6.07) is 0. The second kappa shape index (κ2) is 9.12. The Labute approximate surface area is 131 Å². The molecule has 1 aliphatic heterocycles. The van der Waals surface area contributed by atoms with Crippen LogP contribution in [0.2, 0.25) is 0 Å². The van der Waals surface area contributed by atoms with Crippen LogP contribution >= 0.6 is 0 Å². The smallest absolute Gasteiger partial charge is 0.172 e. The number of nitrogens with zero attached hydrogens (tertiary/aromatic N) is 1. The van der Waals surface area contributed by atoms with Gasteiger partial charge in [-0.1, -0.05) is 45.4 Å². The van der Waals surface area contributed by atoms with Crippen molar-refractivity contribution in [3.8, 4) is 0 Å². The highest BCUT2D eigenvalue weighted by molar-refractivity contribution is 5.01. The summed E-state index contributed by atoms with van der Waals surface area (Å²) < 4.78 is 0. The molecule has 132 valence electrons. The summed E-state index contributed by atoms with van der Waals surface area (Å²) in [6.45, 7) is 1.52. The third kappa shape index (κ3) is 4.38. The van der Waals surface area contributed by atoms with Gasteiger partial charge in [-0.3, -0.25) is 0 Å². The van der Waals surface area contributed by atoms with Crippen molar-refractivity contribution in [2.45, 2.75) is 82.1 Å². The van der Waals surface area contributed by atoms with Crippen molar-refractivity contribution in [1.82, 2.24) is 4.90 Å². The Morgan fingerprint density at radius 1 is 0.864 bits per heavy atom. The van der Waals surface area contributed by atoms with Crippen LogP contribution in [-0.4, -0.2) is 79.0 Å². The number of aliphatic hydroxyl groups is 6. The average Bonchev–Trinajstić information content (AvgIpc) is 2.53. The van der Waals surface area contributed by atoms with E-state index in [0.29, 0.717) is 6.42 Å². The van der Waals surface area contributed by atoms with E-state index in [-0.39, 0.29) is 6.54 Å². The van der Waals surface area contributed by atoms with Crippen LogP contribution in [0.15, 0.2) is 0 Å². The second-order valence-corrected chi connectivity index (χ2v) is 6.19. The number of aliphatic hydroxyl groups excluding tert-OH is 5. The lowest BCUT2D eigenvalue weighted by atomic mass is 9.89. The molecule has 0 saturated carbocycles. The Morgan fingerprint density at radius 3 is 1.95 bits per heavy atom. The molecule has 1 unspecified atom stereocenters. The third-order valence-electron chi connectivity index (χ3n) is 4.50. The van der Waals surface area contributed by atoms with E-state index in [4.69, 9.17) is 0 Å². The van der Waals surface area contributed by atoms with Crippen LogP contribution in [0.4, 0.5) is 0 Å². The molecule has 0 aliphatic carbocycles. The highest BCUT2D eigenvalue weighted by Gasteiger charge is 2.55. The van der Waals surface area contributed by atoms with Gasteiger partial charge < -0.3 is 30.6 Å². The van der Waals surface area contributed by atoms with Crippen LogP contribution < -0.4 is 0 Å². The molecule has 0 aromatic heterocycles. The van der Waals surface area contributed by atoms with E-state index in [1.54, 1.807) is 0 Å². The molecular weight excluding hydrogens is 290 g/mol. The number of hydrogen-bond acceptors (Lipinski definition) is 7. The molecule has 0 spiro atoms. The minimum Gasteiger partial charge on any atom is -0.392 e. The molecule has 1 fully saturated rings. The summed E-state index contributed by atoms with van der Waals surface area (Å²) in [5.41, 5.74) is -2.15. The first-order valence-corrected chi connectivity index (χ1v) is 8.22. The van der Waals surface area contributed by atoms with Gasteiger partial charge in [0.25, 0.3) is 0 Å². The molecule has 5 atom stereocenters. The zero-order valence-corrected chi connectivity index (χ0v) is 13.3. The fourth-order valence-electron chi connectivity index (χ4n) is 2.97. The molecule has 0 aromatic rings. The van der Waals surface area contributed by atoms with E-state index in [1.165, 1.54) is 19.3 Å². The highest BCUT2D eigenvalue weighted by Crippen LogP contribution is 2.30. The van der Waals surface area contributed by atoms with Gasteiger partial charge in [0.05, 0.1) is 6.61 Å². The van der Waals surface area contributed by atoms with Crippen LogP contribution in [0.1, 0.15) is 51.9 Å². The van der Waals surface area contributed by atoms with Gasteiger partial charge in [0, 0.05) is 6.54 Å². The van der Waals surface area contributed by atoms with Crippen LogP contribution in [0.5, 0.6) is 0 Å². The van der Waals surface area contributed by atoms with Crippen LogP contribution in [0.25, 0.3) is 0 Å². The molecule has 0 aromatic carbocycles. The fraction of sp³-hybridized carbons (Fsp3) is 1.00. The second-order valence-electron chi connectivity index (χ2n) is 6.19. The SMILES string of the molecule is CCCCCCCCCN1C(O)[C@H](O)[C@@H](O)[C@H](O)[C@]1(O)CO. The molecule has 0 amide bonds. The molecule has 1 heterocycles. The van der Waals surface area contributed by atoms with Crippen molar-refractivity contribution in [2.24, 2.45) is 0 Å². The zero-order chi connectivity index (χ0) is 16.8. The van der Waals surface area contributed by atoms with Crippen molar-refractivity contribution < 1.29 is 30.6 Å². The van der Waals surface area contributed by atoms with Crippen molar-refractivity contribution >= 4 is 0 Å². The summed E-state index contributed by atoms with van der Waals surface area (Å²) in [6.07, 6.45) is 0.712. The predicted molar refractivity (Wildman–Crippen MR) is 80.8 cm³/mol. The quantitative estimate of drug-likeness (QED) is 0.305. The van der Waals surface area contributed by atoms with Crippen molar-refractivity contribution in [3.63, 3.8) is 0 Å². The van der Waals surface area contributed by atoms with Crippen LogP contribution in [0.3, 0.4) is 0 Å². The Hall–Kier alpha value is -0.280. The number of hydrogen-bond donors (Lipinski definition) is 6. The van der Waals surface area contributed by atoms with Crippen molar-refractivity contribution in [1.29, 1.82) is 0 Å². The largest absolute Gasteiger partial charge is 0.392 e. The number of piperidine rings is 1. The summed E-state index contributed by atoms with van der Waals surface area (Å²) in [5, 5.41) is 58.9. The molecule has 0 radical (unpaired) electrons. The topological polar surface area (TPSA) is 125 Å². The van der Waals surface area contributed by atoms with E-state index in [9.17, 15) is 30.6 Å². The Kier molecular flexibility index (Phi) is 8.20. The van der Waals surface area contributed by atoms with Gasteiger partial charge in [0.1, 0.15) is 24.5 Å². The monoisotopic (exact) mass is 321 g/mol. The lowest BCUT2D eigenvalue weighted by molar-refractivity contribution is -0.319. The van der Waals surface area contributed by atoms with E-state index in [1.807, 2.05) is 0 Å². The fourth-order valence-corrected chi connectivity index (χ4v) is 2.97. The first kappa shape index (κ1) is 19.8. The Morgan fingerprint density at radius 2 is 1.41 bits per heavy atom. The molecule has 1 aliphatic rings. The normalized spacial score (nSPS) is 36.7. The van der Waals surface area contributed by atoms with Crippen molar-refractivity contribution in [2.75, 3.05) is 13.2 Å². The van der Waals surface area contributed by atoms with Gasteiger partial charge in [-0.05, 0) is 6.42 Å². The van der Waals surface area contributed by atoms with E-state index in [0.717, 1.165) is 24.2 Å². The van der Waals surface area contributed by atoms with Gasteiger partial charge in [0.15, 0.2) is 5.72 Å². The van der Waals surface area contributed by atoms with E-state index < -0.39 is 36.9 Å². The van der Waals surface area contributed by atoms with Crippen molar-refractivity contribution in [3.05, 3.63) is 0 Å². The van der Waals surface area contributed by atoms with Crippen LogP contribution in [0, 0.1) is 0 Å². The zero-order valence-electron chi connectivity index (χ0n) is 13.3. The average molecular weight is 321 g/mol. The van der Waals surface area contributed by atoms with Gasteiger partial charge in [0.2, 0.25) is 0 Å². The van der Waals surface area contributed by atoms with Gasteiger partial charge in [-0.25, -0.2) is 4.90 Å². The number of likely N-dealkylation sites (tertiary alicyclic amines) is 1. The summed E-state index contributed by atoms with van der Waals surface area (Å²) in [7, 11) is 0. The van der Waals surface area contributed by atoms with Gasteiger partial charge in [-0.15, -0.1) is 0 Å². The summed E-state index contributed by atoms with van der Waals surface area (Å²) in [5.74, 6) is 0. The minimum absolute atomic E-state index is 0.215. The molecule has 7 heteroatoms. The minimum atomic E-state index is -2.15. The maximum atomic E-state index is 10.3. The van der Waals surface area contributed by atoms with E-state index in [2.05, 4.69) is 6.92 Å². The molecule has 7 nitrogen and oxygen atoms in total. The highest BCUT2D eigenvalue weighted by atomic mass is 16.4. The first-order chi connectivity index (χ1) is 10.4. The Balaban J connectivity index is 2.51. The van der Waals surface area contributed by atoms with Crippen LogP contribution in [-0.2, 0) is 0 Å². The third-order valence-corrected chi connectivity index (χ3v) is 4.50. The summed E-state index contributed by atoms with van der Waals surface area (Å²) >= 11 is 0.